The lowest BCUT2D eigenvalue weighted by Crippen LogP contribution is -2.31. The molecular weight excluding hydrogens is 404 g/mol. The summed E-state index contributed by atoms with van der Waals surface area (Å²) in [4.78, 5) is 42.1. The third-order valence-corrected chi connectivity index (χ3v) is 6.02. The summed E-state index contributed by atoms with van der Waals surface area (Å²) in [6.07, 6.45) is 9.52. The van der Waals surface area contributed by atoms with Crippen molar-refractivity contribution in [3.8, 4) is 12.3 Å². The molecular formula is C25H26N4O3. The molecule has 3 heterocycles. The maximum atomic E-state index is 12.8. The van der Waals surface area contributed by atoms with E-state index in [0.29, 0.717) is 48.3 Å². The Morgan fingerprint density at radius 2 is 2.12 bits per heavy atom. The molecule has 0 bridgehead atoms. The summed E-state index contributed by atoms with van der Waals surface area (Å²) in [7, 11) is 0. The average Bonchev–Trinajstić information content (AvgIpc) is 3.40. The quantitative estimate of drug-likeness (QED) is 0.374. The molecule has 3 amide bonds. The minimum atomic E-state index is -0.205. The third kappa shape index (κ3) is 4.04. The van der Waals surface area contributed by atoms with Gasteiger partial charge in [0.2, 0.25) is 5.91 Å². The maximum Gasteiger partial charge on any atom is 0.256 e. The summed E-state index contributed by atoms with van der Waals surface area (Å²) in [6, 6.07) is 5.39. The lowest BCUT2D eigenvalue weighted by molar-refractivity contribution is -0.127. The van der Waals surface area contributed by atoms with Crippen LogP contribution in [0.25, 0.3) is 11.6 Å². The van der Waals surface area contributed by atoms with Crippen molar-refractivity contribution in [2.24, 2.45) is 0 Å². The second kappa shape index (κ2) is 8.75. The maximum absolute atomic E-state index is 12.8. The van der Waals surface area contributed by atoms with E-state index in [1.165, 1.54) is 0 Å². The standard InChI is InChI=1S/C25H26N4O3/c1-4-17-8-9-20-18(13-17)19(24(31)28-20)14-21-15(2)23(16(3)27-21)25(32)26-10-6-12-29-11-5-7-22(29)30/h1,8-9,13-14,27H,5-7,10-12H2,2-3H3,(H,26,32)(H,28,31)/b19-14-. The Labute approximate surface area is 187 Å². The van der Waals surface area contributed by atoms with Gasteiger partial charge in [-0.25, -0.2) is 0 Å². The van der Waals surface area contributed by atoms with Crippen LogP contribution in [0.3, 0.4) is 0 Å². The number of benzene rings is 1. The number of carbonyl (C=O) groups is 3. The topological polar surface area (TPSA) is 94.3 Å². The van der Waals surface area contributed by atoms with Crippen molar-refractivity contribution in [1.29, 1.82) is 0 Å². The van der Waals surface area contributed by atoms with Crippen molar-refractivity contribution in [3.63, 3.8) is 0 Å². The zero-order valence-electron chi connectivity index (χ0n) is 18.3. The van der Waals surface area contributed by atoms with Crippen molar-refractivity contribution in [2.45, 2.75) is 33.1 Å². The van der Waals surface area contributed by atoms with E-state index < -0.39 is 0 Å². The molecule has 1 aromatic carbocycles. The van der Waals surface area contributed by atoms with Gasteiger partial charge in [0, 0.05) is 54.3 Å². The van der Waals surface area contributed by atoms with Crippen LogP contribution in [0.2, 0.25) is 0 Å². The fourth-order valence-corrected chi connectivity index (χ4v) is 4.33. The predicted octanol–water partition coefficient (Wildman–Crippen LogP) is 2.85. The van der Waals surface area contributed by atoms with Crippen LogP contribution in [0.5, 0.6) is 0 Å². The lowest BCUT2D eigenvalue weighted by atomic mass is 10.0. The van der Waals surface area contributed by atoms with Gasteiger partial charge in [-0.3, -0.25) is 14.4 Å². The third-order valence-electron chi connectivity index (χ3n) is 6.02. The van der Waals surface area contributed by atoms with Gasteiger partial charge in [0.05, 0.1) is 11.1 Å². The molecule has 0 saturated carbocycles. The highest BCUT2D eigenvalue weighted by molar-refractivity contribution is 6.35. The zero-order chi connectivity index (χ0) is 22.8. The molecule has 1 fully saturated rings. The molecule has 7 nitrogen and oxygen atoms in total. The number of aromatic amines is 1. The van der Waals surface area contributed by atoms with E-state index in [4.69, 9.17) is 6.42 Å². The van der Waals surface area contributed by atoms with E-state index in [1.807, 2.05) is 24.8 Å². The van der Waals surface area contributed by atoms with Gasteiger partial charge in [-0.05, 0) is 56.5 Å². The Bertz CT molecular complexity index is 1180. The molecule has 0 aliphatic carbocycles. The van der Waals surface area contributed by atoms with Crippen LogP contribution in [0.1, 0.15) is 57.7 Å². The van der Waals surface area contributed by atoms with Crippen molar-refractivity contribution >= 4 is 35.1 Å². The van der Waals surface area contributed by atoms with Crippen molar-refractivity contribution in [3.05, 3.63) is 51.8 Å². The highest BCUT2D eigenvalue weighted by Crippen LogP contribution is 2.34. The number of terminal acetylenes is 1. The van der Waals surface area contributed by atoms with Gasteiger partial charge in [0.25, 0.3) is 11.8 Å². The lowest BCUT2D eigenvalue weighted by Gasteiger charge is -2.15. The average molecular weight is 431 g/mol. The predicted molar refractivity (Wildman–Crippen MR) is 124 cm³/mol. The summed E-state index contributed by atoms with van der Waals surface area (Å²) in [5.41, 5.74) is 5.46. The molecule has 3 N–H and O–H groups in total. The molecule has 4 rings (SSSR count). The molecule has 2 aromatic rings. The fraction of sp³-hybridized carbons (Fsp3) is 0.320. The minimum absolute atomic E-state index is 0.167. The van der Waals surface area contributed by atoms with Crippen LogP contribution in [-0.4, -0.2) is 47.2 Å². The normalized spacial score (nSPS) is 16.3. The first kappa shape index (κ1) is 21.4. The van der Waals surface area contributed by atoms with Crippen LogP contribution >= 0.6 is 0 Å². The Morgan fingerprint density at radius 1 is 1.31 bits per heavy atom. The molecule has 0 spiro atoms. The molecule has 1 aromatic heterocycles. The smallest absolute Gasteiger partial charge is 0.256 e. The fourth-order valence-electron chi connectivity index (χ4n) is 4.33. The molecule has 0 unspecified atom stereocenters. The van der Waals surface area contributed by atoms with Crippen LogP contribution in [-0.2, 0) is 9.59 Å². The summed E-state index contributed by atoms with van der Waals surface area (Å²) < 4.78 is 0. The second-order valence-corrected chi connectivity index (χ2v) is 8.17. The Hall–Kier alpha value is -3.79. The molecule has 2 aliphatic heterocycles. The van der Waals surface area contributed by atoms with Crippen LogP contribution in [0, 0.1) is 26.2 Å². The number of aromatic nitrogens is 1. The first-order valence-electron chi connectivity index (χ1n) is 10.8. The number of fused-ring (bicyclic) bond motifs is 1. The van der Waals surface area contributed by atoms with Gasteiger partial charge in [0.1, 0.15) is 0 Å². The SMILES string of the molecule is C#Cc1ccc2c(c1)/C(=C/c1[nH]c(C)c(C(=O)NCCCN3CCCC3=O)c1C)C(=O)N2. The number of amides is 3. The van der Waals surface area contributed by atoms with Gasteiger partial charge in [0.15, 0.2) is 0 Å². The Kier molecular flexibility index (Phi) is 5.87. The molecule has 32 heavy (non-hydrogen) atoms. The highest BCUT2D eigenvalue weighted by Gasteiger charge is 2.26. The highest BCUT2D eigenvalue weighted by atomic mass is 16.2. The number of rotatable bonds is 6. The van der Waals surface area contributed by atoms with E-state index in [2.05, 4.69) is 21.5 Å². The molecule has 164 valence electrons. The van der Waals surface area contributed by atoms with Crippen LogP contribution in [0.15, 0.2) is 18.2 Å². The second-order valence-electron chi connectivity index (χ2n) is 8.17. The van der Waals surface area contributed by atoms with Crippen LogP contribution < -0.4 is 10.6 Å². The molecule has 2 aliphatic rings. The molecule has 0 radical (unpaired) electrons. The summed E-state index contributed by atoms with van der Waals surface area (Å²) in [5.74, 6) is 2.41. The van der Waals surface area contributed by atoms with Crippen molar-refractivity contribution < 1.29 is 14.4 Å². The summed E-state index contributed by atoms with van der Waals surface area (Å²) in [6.45, 7) is 5.66. The van der Waals surface area contributed by atoms with Gasteiger partial charge in [-0.1, -0.05) is 5.92 Å². The molecule has 0 atom stereocenters. The number of anilines is 1. The largest absolute Gasteiger partial charge is 0.358 e. The first-order chi connectivity index (χ1) is 15.4. The van der Waals surface area contributed by atoms with E-state index in [0.717, 1.165) is 35.5 Å². The Morgan fingerprint density at radius 3 is 2.84 bits per heavy atom. The van der Waals surface area contributed by atoms with E-state index in [1.54, 1.807) is 18.2 Å². The number of H-pyrrole nitrogens is 1. The summed E-state index contributed by atoms with van der Waals surface area (Å²) in [5, 5.41) is 5.79. The zero-order valence-corrected chi connectivity index (χ0v) is 18.3. The van der Waals surface area contributed by atoms with Crippen molar-refractivity contribution in [1.82, 2.24) is 15.2 Å². The minimum Gasteiger partial charge on any atom is -0.358 e. The number of aryl methyl sites for hydroxylation is 1. The number of hydrogen-bond donors (Lipinski definition) is 3. The van der Waals surface area contributed by atoms with E-state index in [9.17, 15) is 14.4 Å². The van der Waals surface area contributed by atoms with E-state index in [-0.39, 0.29) is 17.7 Å². The Balaban J connectivity index is 1.49. The monoisotopic (exact) mass is 430 g/mol. The van der Waals surface area contributed by atoms with Gasteiger partial charge in [-0.2, -0.15) is 0 Å². The number of nitrogens with one attached hydrogen (secondary N) is 3. The summed E-state index contributed by atoms with van der Waals surface area (Å²) >= 11 is 0. The number of carbonyl (C=O) groups excluding carboxylic acids is 3. The van der Waals surface area contributed by atoms with Crippen LogP contribution in [0.4, 0.5) is 5.69 Å². The van der Waals surface area contributed by atoms with Gasteiger partial charge < -0.3 is 20.5 Å². The number of likely N-dealkylation sites (tertiary alicyclic amines) is 1. The number of nitrogens with zero attached hydrogens (tertiary/aromatic N) is 1. The molecule has 7 heteroatoms. The van der Waals surface area contributed by atoms with Gasteiger partial charge >= 0.3 is 0 Å². The first-order valence-corrected chi connectivity index (χ1v) is 10.8. The van der Waals surface area contributed by atoms with Gasteiger partial charge in [-0.15, -0.1) is 6.42 Å². The molecule has 1 saturated heterocycles. The number of hydrogen-bond acceptors (Lipinski definition) is 3. The van der Waals surface area contributed by atoms with Crippen molar-refractivity contribution in [2.75, 3.05) is 25.0 Å². The van der Waals surface area contributed by atoms with E-state index >= 15 is 0 Å².